The van der Waals surface area contributed by atoms with Crippen LogP contribution in [0.5, 0.6) is 0 Å². The Morgan fingerprint density at radius 2 is 1.82 bits per heavy atom. The van der Waals surface area contributed by atoms with Gasteiger partial charge >= 0.3 is 0 Å². The van der Waals surface area contributed by atoms with E-state index in [9.17, 15) is 0 Å². The van der Waals surface area contributed by atoms with Crippen molar-refractivity contribution in [1.29, 1.82) is 0 Å². The quantitative estimate of drug-likeness (QED) is 0.557. The maximum atomic E-state index is 3.26. The molecule has 1 nitrogen and oxygen atoms in total. The summed E-state index contributed by atoms with van der Waals surface area (Å²) in [7, 11) is 0. The van der Waals surface area contributed by atoms with Gasteiger partial charge in [-0.2, -0.15) is 0 Å². The molecular weight excluding hydrogens is 134 g/mol. The van der Waals surface area contributed by atoms with Gasteiger partial charge in [0.2, 0.25) is 0 Å². The fraction of sp³-hybridized carbons (Fsp3) is 0.800. The van der Waals surface area contributed by atoms with E-state index >= 15 is 0 Å². The van der Waals surface area contributed by atoms with E-state index in [4.69, 9.17) is 0 Å². The minimum atomic E-state index is 1.12. The minimum Gasteiger partial charge on any atom is -0.391 e. The zero-order chi connectivity index (χ0) is 8.36. The highest BCUT2D eigenvalue weighted by Crippen LogP contribution is 1.93. The highest BCUT2D eigenvalue weighted by atomic mass is 14.8. The average molecular weight is 155 g/mol. The van der Waals surface area contributed by atoms with E-state index in [0.717, 1.165) is 6.54 Å². The third kappa shape index (κ3) is 9.54. The standard InChI is InChI=1S/C10H21N/c1-3-5-7-8-10-11-9-6-4-2/h8,10-11H,3-7,9H2,1-2H3. The zero-order valence-electron chi connectivity index (χ0n) is 7.90. The Hall–Kier alpha value is -0.460. The van der Waals surface area contributed by atoms with E-state index in [1.54, 1.807) is 0 Å². The van der Waals surface area contributed by atoms with Crippen LogP contribution in [-0.2, 0) is 0 Å². The summed E-state index contributed by atoms with van der Waals surface area (Å²) in [5.41, 5.74) is 0. The Balaban J connectivity index is 2.91. The first-order valence-corrected chi connectivity index (χ1v) is 4.80. The lowest BCUT2D eigenvalue weighted by Crippen LogP contribution is -2.05. The molecule has 0 spiro atoms. The first-order valence-electron chi connectivity index (χ1n) is 4.80. The lowest BCUT2D eigenvalue weighted by molar-refractivity contribution is 0.730. The molecule has 0 rings (SSSR count). The molecule has 11 heavy (non-hydrogen) atoms. The topological polar surface area (TPSA) is 12.0 Å². The molecule has 0 heterocycles. The van der Waals surface area contributed by atoms with Crippen molar-refractivity contribution in [3.63, 3.8) is 0 Å². The smallest absolute Gasteiger partial charge is 0.0141 e. The predicted molar refractivity (Wildman–Crippen MR) is 51.6 cm³/mol. The van der Waals surface area contributed by atoms with Crippen molar-refractivity contribution in [2.45, 2.75) is 46.0 Å². The second-order valence-corrected chi connectivity index (χ2v) is 2.85. The largest absolute Gasteiger partial charge is 0.391 e. The fourth-order valence-electron chi connectivity index (χ4n) is 0.851. The van der Waals surface area contributed by atoms with E-state index in [1.807, 2.05) is 0 Å². The molecule has 1 N–H and O–H groups in total. The van der Waals surface area contributed by atoms with E-state index in [-0.39, 0.29) is 0 Å². The molecule has 0 unspecified atom stereocenters. The molecule has 0 aliphatic heterocycles. The summed E-state index contributed by atoms with van der Waals surface area (Å²) in [4.78, 5) is 0. The van der Waals surface area contributed by atoms with Crippen molar-refractivity contribution in [3.05, 3.63) is 12.3 Å². The first-order chi connectivity index (χ1) is 5.41. The van der Waals surface area contributed by atoms with Crippen molar-refractivity contribution < 1.29 is 0 Å². The lowest BCUT2D eigenvalue weighted by atomic mass is 10.2. The van der Waals surface area contributed by atoms with Crippen LogP contribution < -0.4 is 5.32 Å². The van der Waals surface area contributed by atoms with Crippen molar-refractivity contribution in [1.82, 2.24) is 5.32 Å². The molecule has 0 saturated heterocycles. The van der Waals surface area contributed by atoms with Gasteiger partial charge in [-0.05, 0) is 19.0 Å². The molecule has 0 saturated carbocycles. The van der Waals surface area contributed by atoms with Gasteiger partial charge in [-0.1, -0.05) is 39.2 Å². The second-order valence-electron chi connectivity index (χ2n) is 2.85. The Kier molecular flexibility index (Phi) is 9.14. The molecule has 0 aliphatic rings. The molecule has 0 fully saturated rings. The van der Waals surface area contributed by atoms with Gasteiger partial charge in [0.1, 0.15) is 0 Å². The molecule has 0 radical (unpaired) electrons. The van der Waals surface area contributed by atoms with Crippen LogP contribution >= 0.6 is 0 Å². The molecule has 0 aromatic rings. The van der Waals surface area contributed by atoms with Gasteiger partial charge in [0.05, 0.1) is 0 Å². The monoisotopic (exact) mass is 155 g/mol. The lowest BCUT2D eigenvalue weighted by Gasteiger charge is -1.96. The maximum Gasteiger partial charge on any atom is 0.0141 e. The summed E-state index contributed by atoms with van der Waals surface area (Å²) in [6.07, 6.45) is 10.7. The van der Waals surface area contributed by atoms with Crippen LogP contribution in [0.3, 0.4) is 0 Å². The van der Waals surface area contributed by atoms with Crippen molar-refractivity contribution in [2.75, 3.05) is 6.54 Å². The Morgan fingerprint density at radius 1 is 1.09 bits per heavy atom. The molecule has 0 aromatic carbocycles. The predicted octanol–water partition coefficient (Wildman–Crippen LogP) is 3.08. The maximum absolute atomic E-state index is 3.26. The van der Waals surface area contributed by atoms with Crippen LogP contribution in [0.25, 0.3) is 0 Å². The summed E-state index contributed by atoms with van der Waals surface area (Å²) in [6, 6.07) is 0. The highest BCUT2D eigenvalue weighted by Gasteiger charge is 1.79. The van der Waals surface area contributed by atoms with Gasteiger partial charge in [0, 0.05) is 6.54 Å². The normalized spacial score (nSPS) is 10.7. The number of hydrogen-bond donors (Lipinski definition) is 1. The third-order valence-electron chi connectivity index (χ3n) is 1.63. The number of rotatable bonds is 7. The van der Waals surface area contributed by atoms with E-state index in [0.29, 0.717) is 0 Å². The Bertz CT molecular complexity index is 86.9. The summed E-state index contributed by atoms with van der Waals surface area (Å²) in [5.74, 6) is 0. The van der Waals surface area contributed by atoms with Crippen LogP contribution in [-0.4, -0.2) is 6.54 Å². The van der Waals surface area contributed by atoms with E-state index in [1.165, 1.54) is 32.1 Å². The third-order valence-corrected chi connectivity index (χ3v) is 1.63. The Labute approximate surface area is 70.9 Å². The summed E-state index contributed by atoms with van der Waals surface area (Å²) < 4.78 is 0. The van der Waals surface area contributed by atoms with Crippen LogP contribution in [0, 0.1) is 0 Å². The summed E-state index contributed by atoms with van der Waals surface area (Å²) >= 11 is 0. The van der Waals surface area contributed by atoms with Crippen LogP contribution in [0.15, 0.2) is 12.3 Å². The molecule has 0 amide bonds. The molecule has 0 atom stereocenters. The van der Waals surface area contributed by atoms with Gasteiger partial charge in [0.15, 0.2) is 0 Å². The van der Waals surface area contributed by atoms with Gasteiger partial charge in [-0.15, -0.1) is 0 Å². The van der Waals surface area contributed by atoms with Gasteiger partial charge in [-0.3, -0.25) is 0 Å². The van der Waals surface area contributed by atoms with Gasteiger partial charge < -0.3 is 5.32 Å². The fourth-order valence-corrected chi connectivity index (χ4v) is 0.851. The summed E-state index contributed by atoms with van der Waals surface area (Å²) in [5, 5.41) is 3.26. The number of allylic oxidation sites excluding steroid dienone is 1. The average Bonchev–Trinajstić information content (AvgIpc) is 2.03. The molecule has 0 bridgehead atoms. The summed E-state index contributed by atoms with van der Waals surface area (Å²) in [6.45, 7) is 5.56. The van der Waals surface area contributed by atoms with Crippen molar-refractivity contribution >= 4 is 0 Å². The van der Waals surface area contributed by atoms with Crippen LogP contribution in [0.2, 0.25) is 0 Å². The van der Waals surface area contributed by atoms with Gasteiger partial charge in [0.25, 0.3) is 0 Å². The number of hydrogen-bond acceptors (Lipinski definition) is 1. The molecule has 0 aliphatic carbocycles. The van der Waals surface area contributed by atoms with Crippen molar-refractivity contribution in [2.24, 2.45) is 0 Å². The molecule has 1 heteroatoms. The molecule has 66 valence electrons. The number of unbranched alkanes of at least 4 members (excludes halogenated alkanes) is 3. The van der Waals surface area contributed by atoms with Crippen molar-refractivity contribution in [3.8, 4) is 0 Å². The first kappa shape index (κ1) is 10.5. The zero-order valence-corrected chi connectivity index (χ0v) is 7.90. The number of nitrogens with one attached hydrogen (secondary N) is 1. The van der Waals surface area contributed by atoms with Crippen LogP contribution in [0.4, 0.5) is 0 Å². The Morgan fingerprint density at radius 3 is 2.45 bits per heavy atom. The molecular formula is C10H21N. The molecule has 0 aromatic heterocycles. The van der Waals surface area contributed by atoms with Crippen LogP contribution in [0.1, 0.15) is 46.0 Å². The highest BCUT2D eigenvalue weighted by molar-refractivity contribution is 4.78. The van der Waals surface area contributed by atoms with E-state index in [2.05, 4.69) is 31.4 Å². The second kappa shape index (κ2) is 9.54. The minimum absolute atomic E-state index is 1.12. The van der Waals surface area contributed by atoms with Gasteiger partial charge in [-0.25, -0.2) is 0 Å². The SMILES string of the molecule is CCCCC=CNCCCC. The van der Waals surface area contributed by atoms with E-state index < -0.39 is 0 Å².